The van der Waals surface area contributed by atoms with Crippen molar-refractivity contribution in [1.29, 1.82) is 5.26 Å². The summed E-state index contributed by atoms with van der Waals surface area (Å²) < 4.78 is 19.1. The van der Waals surface area contributed by atoms with Gasteiger partial charge in [0.1, 0.15) is 17.5 Å². The molecule has 1 amide bonds. The molecule has 3 heterocycles. The number of hydrogen-bond donors (Lipinski definition) is 2. The van der Waals surface area contributed by atoms with Gasteiger partial charge in [0, 0.05) is 37.0 Å². The second kappa shape index (κ2) is 12.4. The predicted octanol–water partition coefficient (Wildman–Crippen LogP) is 4.26. The zero-order valence-electron chi connectivity index (χ0n) is 21.9. The molecule has 1 aliphatic rings. The van der Waals surface area contributed by atoms with Crippen molar-refractivity contribution >= 4 is 17.5 Å². The summed E-state index contributed by atoms with van der Waals surface area (Å²) in [6, 6.07) is 23.2. The summed E-state index contributed by atoms with van der Waals surface area (Å²) in [5, 5.41) is 12.9. The van der Waals surface area contributed by atoms with Gasteiger partial charge in [0.2, 0.25) is 5.91 Å². The SMILES string of the molecule is N#Cc1ccccc1-c1ccc(C(C(N)=O)c2ccc(N3CCOCC3)nc2)c(NCCc2cccc(F)c2)n1. The molecule has 0 saturated carbocycles. The Morgan fingerprint density at radius 3 is 2.65 bits per heavy atom. The summed E-state index contributed by atoms with van der Waals surface area (Å²) in [7, 11) is 0. The highest BCUT2D eigenvalue weighted by Gasteiger charge is 2.26. The molecule has 3 N–H and O–H groups in total. The Hall–Kier alpha value is -4.81. The number of benzene rings is 2. The van der Waals surface area contributed by atoms with E-state index in [1.807, 2.05) is 36.4 Å². The quantitative estimate of drug-likeness (QED) is 0.328. The Labute approximate surface area is 232 Å². The molecule has 1 fully saturated rings. The van der Waals surface area contributed by atoms with Crippen LogP contribution < -0.4 is 16.0 Å². The molecule has 1 aliphatic heterocycles. The van der Waals surface area contributed by atoms with Gasteiger partial charge in [-0.25, -0.2) is 14.4 Å². The van der Waals surface area contributed by atoms with Crippen LogP contribution in [0.4, 0.5) is 16.0 Å². The van der Waals surface area contributed by atoms with Crippen molar-refractivity contribution in [3.8, 4) is 17.3 Å². The highest BCUT2D eigenvalue weighted by atomic mass is 19.1. The van der Waals surface area contributed by atoms with Crippen LogP contribution in [-0.4, -0.2) is 48.7 Å². The average Bonchev–Trinajstić information content (AvgIpc) is 2.98. The van der Waals surface area contributed by atoms with Crippen LogP contribution in [0.15, 0.2) is 79.0 Å². The predicted molar refractivity (Wildman–Crippen MR) is 151 cm³/mol. The van der Waals surface area contributed by atoms with Gasteiger partial charge >= 0.3 is 0 Å². The molecule has 2 aromatic heterocycles. The highest BCUT2D eigenvalue weighted by molar-refractivity contribution is 5.87. The zero-order chi connectivity index (χ0) is 27.9. The monoisotopic (exact) mass is 536 g/mol. The number of hydrogen-bond acceptors (Lipinski definition) is 7. The number of halogens is 1. The lowest BCUT2D eigenvalue weighted by Crippen LogP contribution is -2.36. The van der Waals surface area contributed by atoms with Gasteiger partial charge in [0.25, 0.3) is 0 Å². The van der Waals surface area contributed by atoms with Crippen LogP contribution in [0.2, 0.25) is 0 Å². The number of carbonyl (C=O) groups is 1. The number of nitrogens with one attached hydrogen (secondary N) is 1. The molecule has 202 valence electrons. The summed E-state index contributed by atoms with van der Waals surface area (Å²) in [5.74, 6) is -0.377. The van der Waals surface area contributed by atoms with Crippen molar-refractivity contribution in [2.75, 3.05) is 43.1 Å². The first-order chi connectivity index (χ1) is 19.5. The van der Waals surface area contributed by atoms with E-state index in [0.29, 0.717) is 59.9 Å². The summed E-state index contributed by atoms with van der Waals surface area (Å²) in [6.07, 6.45) is 2.21. The van der Waals surface area contributed by atoms with Crippen molar-refractivity contribution in [1.82, 2.24) is 9.97 Å². The van der Waals surface area contributed by atoms with Crippen molar-refractivity contribution < 1.29 is 13.9 Å². The van der Waals surface area contributed by atoms with Crippen LogP contribution in [0.25, 0.3) is 11.3 Å². The number of anilines is 2. The van der Waals surface area contributed by atoms with Crippen molar-refractivity contribution in [3.63, 3.8) is 0 Å². The maximum Gasteiger partial charge on any atom is 0.229 e. The highest BCUT2D eigenvalue weighted by Crippen LogP contribution is 2.33. The van der Waals surface area contributed by atoms with E-state index in [-0.39, 0.29) is 5.82 Å². The van der Waals surface area contributed by atoms with Crippen molar-refractivity contribution in [2.45, 2.75) is 12.3 Å². The van der Waals surface area contributed by atoms with Gasteiger partial charge in [0.05, 0.1) is 36.5 Å². The third-order valence-electron chi connectivity index (χ3n) is 6.88. The lowest BCUT2D eigenvalue weighted by molar-refractivity contribution is -0.118. The molecule has 1 saturated heterocycles. The number of primary amides is 1. The van der Waals surface area contributed by atoms with E-state index in [4.69, 9.17) is 15.5 Å². The Morgan fingerprint density at radius 1 is 1.10 bits per heavy atom. The lowest BCUT2D eigenvalue weighted by atomic mass is 9.91. The summed E-state index contributed by atoms with van der Waals surface area (Å²) >= 11 is 0. The van der Waals surface area contributed by atoms with Crippen LogP contribution in [0.3, 0.4) is 0 Å². The third kappa shape index (κ3) is 6.08. The van der Waals surface area contributed by atoms with Crippen molar-refractivity contribution in [2.24, 2.45) is 5.73 Å². The average molecular weight is 537 g/mol. The van der Waals surface area contributed by atoms with E-state index >= 15 is 0 Å². The second-order valence-corrected chi connectivity index (χ2v) is 9.48. The molecule has 0 bridgehead atoms. The van der Waals surface area contributed by atoms with E-state index in [1.54, 1.807) is 30.5 Å². The number of carbonyl (C=O) groups excluding carboxylic acids is 1. The Morgan fingerprint density at radius 2 is 1.93 bits per heavy atom. The lowest BCUT2D eigenvalue weighted by Gasteiger charge is -2.28. The molecule has 1 atom stereocenters. The molecule has 5 rings (SSSR count). The molecule has 0 radical (unpaired) electrons. The molecule has 2 aromatic carbocycles. The van der Waals surface area contributed by atoms with E-state index < -0.39 is 11.8 Å². The van der Waals surface area contributed by atoms with Crippen LogP contribution in [-0.2, 0) is 16.0 Å². The summed E-state index contributed by atoms with van der Waals surface area (Å²) in [4.78, 5) is 24.4. The zero-order valence-corrected chi connectivity index (χ0v) is 21.9. The van der Waals surface area contributed by atoms with Gasteiger partial charge in [-0.2, -0.15) is 5.26 Å². The number of ether oxygens (including phenoxy) is 1. The molecular formula is C31H29FN6O2. The number of pyridine rings is 2. The molecule has 0 spiro atoms. The molecule has 9 heteroatoms. The molecule has 1 unspecified atom stereocenters. The minimum atomic E-state index is -0.810. The first-order valence-corrected chi connectivity index (χ1v) is 13.1. The largest absolute Gasteiger partial charge is 0.378 e. The molecule has 8 nitrogen and oxygen atoms in total. The van der Waals surface area contributed by atoms with Gasteiger partial charge in [-0.15, -0.1) is 0 Å². The van der Waals surface area contributed by atoms with Crippen LogP contribution >= 0.6 is 0 Å². The maximum absolute atomic E-state index is 13.7. The summed E-state index contributed by atoms with van der Waals surface area (Å²) in [5.41, 5.74) is 9.76. The minimum Gasteiger partial charge on any atom is -0.378 e. The number of rotatable bonds is 9. The van der Waals surface area contributed by atoms with Crippen molar-refractivity contribution in [3.05, 3.63) is 107 Å². The van der Waals surface area contributed by atoms with E-state index in [1.165, 1.54) is 12.1 Å². The molecule has 4 aromatic rings. The Bertz CT molecular complexity index is 1530. The number of morpholine rings is 1. The van der Waals surface area contributed by atoms with Crippen LogP contribution in [0.1, 0.15) is 28.2 Å². The normalized spacial score (nSPS) is 13.8. The first kappa shape index (κ1) is 26.8. The maximum atomic E-state index is 13.7. The third-order valence-corrected chi connectivity index (χ3v) is 6.88. The van der Waals surface area contributed by atoms with Crippen LogP contribution in [0.5, 0.6) is 0 Å². The van der Waals surface area contributed by atoms with E-state index in [0.717, 1.165) is 24.5 Å². The first-order valence-electron chi connectivity index (χ1n) is 13.1. The number of nitrogens with zero attached hydrogens (tertiary/aromatic N) is 4. The van der Waals surface area contributed by atoms with Crippen LogP contribution in [0, 0.1) is 17.1 Å². The van der Waals surface area contributed by atoms with Gasteiger partial charge in [0.15, 0.2) is 0 Å². The number of nitrogens with two attached hydrogens (primary N) is 1. The number of nitriles is 1. The van der Waals surface area contributed by atoms with E-state index in [2.05, 4.69) is 21.3 Å². The molecule has 40 heavy (non-hydrogen) atoms. The Kier molecular flexibility index (Phi) is 8.28. The minimum absolute atomic E-state index is 0.298. The fraction of sp³-hybridized carbons (Fsp3) is 0.226. The molecule has 0 aliphatic carbocycles. The standard InChI is InChI=1S/C31H29FN6O2/c32-24-6-3-4-21(18-24)12-13-35-31-26(9-10-27(37-31)25-7-2-1-5-22(25)19-33)29(30(34)39)23-8-11-28(36-20-23)38-14-16-40-17-15-38/h1-11,18,20,29H,12-17H2,(H2,34,39)(H,35,37). The fourth-order valence-corrected chi connectivity index (χ4v) is 4.86. The van der Waals surface area contributed by atoms with Gasteiger partial charge in [-0.1, -0.05) is 42.5 Å². The number of amides is 1. The number of aromatic nitrogens is 2. The molecular weight excluding hydrogens is 507 g/mol. The van der Waals surface area contributed by atoms with E-state index in [9.17, 15) is 14.4 Å². The van der Waals surface area contributed by atoms with Gasteiger partial charge in [-0.05, 0) is 47.9 Å². The Balaban J connectivity index is 1.49. The van der Waals surface area contributed by atoms with Gasteiger partial charge < -0.3 is 20.7 Å². The summed E-state index contributed by atoms with van der Waals surface area (Å²) in [6.45, 7) is 3.23. The van der Waals surface area contributed by atoms with Gasteiger partial charge in [-0.3, -0.25) is 4.79 Å². The smallest absolute Gasteiger partial charge is 0.229 e. The second-order valence-electron chi connectivity index (χ2n) is 9.48. The topological polar surface area (TPSA) is 117 Å². The fourth-order valence-electron chi connectivity index (χ4n) is 4.86.